The van der Waals surface area contributed by atoms with Crippen LogP contribution in [-0.2, 0) is 21.4 Å². The molecule has 1 saturated carbocycles. The molecule has 0 unspecified atom stereocenters. The molecule has 0 atom stereocenters. The quantitative estimate of drug-likeness (QED) is 0.541. The van der Waals surface area contributed by atoms with Gasteiger partial charge in [-0.25, -0.2) is 12.8 Å². The third-order valence-corrected chi connectivity index (χ3v) is 8.05. The molecule has 2 aromatic rings. The smallest absolute Gasteiger partial charge is 0.243 e. The summed E-state index contributed by atoms with van der Waals surface area (Å²) in [5.41, 5.74) is 0.0189. The van der Waals surface area contributed by atoms with Gasteiger partial charge in [0.05, 0.1) is 11.4 Å². The van der Waals surface area contributed by atoms with Gasteiger partial charge in [-0.2, -0.15) is 4.31 Å². The maximum atomic E-state index is 14.4. The molecule has 32 heavy (non-hydrogen) atoms. The summed E-state index contributed by atoms with van der Waals surface area (Å²) in [4.78, 5) is 12.8. The number of carbonyl (C=O) groups is 1. The van der Waals surface area contributed by atoms with Crippen LogP contribution in [0, 0.1) is 5.82 Å². The zero-order chi connectivity index (χ0) is 23.1. The van der Waals surface area contributed by atoms with E-state index in [0.717, 1.165) is 42.8 Å². The molecule has 2 aromatic carbocycles. The molecule has 3 rings (SSSR count). The molecule has 0 aliphatic heterocycles. The Balaban J connectivity index is 1.84. The largest absolute Gasteiger partial charge is 0.352 e. The van der Waals surface area contributed by atoms with Gasteiger partial charge in [0.1, 0.15) is 5.82 Å². The second kappa shape index (κ2) is 11.5. The molecule has 0 saturated heterocycles. The highest BCUT2D eigenvalue weighted by Crippen LogP contribution is 2.25. The van der Waals surface area contributed by atoms with E-state index in [0.29, 0.717) is 5.02 Å². The number of benzene rings is 2. The Morgan fingerprint density at radius 1 is 1.00 bits per heavy atom. The molecule has 1 aliphatic carbocycles. The fourth-order valence-electron chi connectivity index (χ4n) is 3.88. The summed E-state index contributed by atoms with van der Waals surface area (Å²) in [6.07, 6.45) is 7.27. The normalized spacial score (nSPS) is 15.9. The Morgan fingerprint density at radius 3 is 2.25 bits per heavy atom. The van der Waals surface area contributed by atoms with Crippen LogP contribution in [-0.4, -0.2) is 31.2 Å². The molecule has 1 amide bonds. The van der Waals surface area contributed by atoms with Gasteiger partial charge in [-0.15, -0.1) is 0 Å². The van der Waals surface area contributed by atoms with Gasteiger partial charge in [0.2, 0.25) is 15.9 Å². The van der Waals surface area contributed by atoms with Gasteiger partial charge in [0.25, 0.3) is 0 Å². The molecule has 1 N–H and O–H groups in total. The van der Waals surface area contributed by atoms with Crippen molar-refractivity contribution >= 4 is 39.1 Å². The topological polar surface area (TPSA) is 66.5 Å². The highest BCUT2D eigenvalue weighted by molar-refractivity contribution is 7.89. The predicted octanol–water partition coefficient (Wildman–Crippen LogP) is 5.55. The van der Waals surface area contributed by atoms with E-state index in [2.05, 4.69) is 5.32 Å². The minimum atomic E-state index is -4.11. The number of rotatable bonds is 7. The van der Waals surface area contributed by atoms with Crippen LogP contribution in [0.15, 0.2) is 47.4 Å². The number of hydrogen-bond acceptors (Lipinski definition) is 3. The van der Waals surface area contributed by atoms with E-state index in [-0.39, 0.29) is 28.1 Å². The fourth-order valence-corrected chi connectivity index (χ4v) is 5.59. The van der Waals surface area contributed by atoms with Crippen LogP contribution in [0.2, 0.25) is 10.0 Å². The second-order valence-corrected chi connectivity index (χ2v) is 10.8. The highest BCUT2D eigenvalue weighted by Gasteiger charge is 2.29. The Morgan fingerprint density at radius 2 is 1.62 bits per heavy atom. The van der Waals surface area contributed by atoms with E-state index in [1.54, 1.807) is 0 Å². The lowest BCUT2D eigenvalue weighted by molar-refractivity contribution is -0.122. The summed E-state index contributed by atoms with van der Waals surface area (Å²) < 4.78 is 42.1. The van der Waals surface area contributed by atoms with Crippen LogP contribution >= 0.6 is 23.2 Å². The zero-order valence-corrected chi connectivity index (χ0v) is 20.0. The Labute approximate surface area is 199 Å². The summed E-state index contributed by atoms with van der Waals surface area (Å²) >= 11 is 12.0. The number of hydrogen-bond donors (Lipinski definition) is 1. The molecule has 1 aliphatic rings. The van der Waals surface area contributed by atoms with Crippen LogP contribution in [0.3, 0.4) is 0 Å². The first-order chi connectivity index (χ1) is 15.3. The van der Waals surface area contributed by atoms with Crippen molar-refractivity contribution in [1.82, 2.24) is 9.62 Å². The van der Waals surface area contributed by atoms with Crippen LogP contribution in [0.4, 0.5) is 4.39 Å². The van der Waals surface area contributed by atoms with Crippen molar-refractivity contribution in [3.05, 3.63) is 63.9 Å². The molecule has 0 radical (unpaired) electrons. The summed E-state index contributed by atoms with van der Waals surface area (Å²) in [7, 11) is -4.11. The molecule has 5 nitrogen and oxygen atoms in total. The summed E-state index contributed by atoms with van der Waals surface area (Å²) in [5.74, 6) is -1.05. The van der Waals surface area contributed by atoms with Crippen molar-refractivity contribution < 1.29 is 17.6 Å². The number of carbonyl (C=O) groups excluding carboxylic acids is 1. The minimum Gasteiger partial charge on any atom is -0.352 e. The lowest BCUT2D eigenvalue weighted by atomic mass is 9.97. The number of nitrogens with one attached hydrogen (secondary N) is 1. The summed E-state index contributed by atoms with van der Waals surface area (Å²) in [6.45, 7) is -0.805. The zero-order valence-electron chi connectivity index (χ0n) is 17.7. The fraction of sp³-hybridized carbons (Fsp3) is 0.435. The molecule has 0 spiro atoms. The molecule has 9 heteroatoms. The Hall–Kier alpha value is -1.67. The van der Waals surface area contributed by atoms with Gasteiger partial charge in [-0.1, -0.05) is 61.4 Å². The Bertz CT molecular complexity index is 1000. The number of nitrogens with zero attached hydrogens (tertiary/aromatic N) is 1. The van der Waals surface area contributed by atoms with E-state index < -0.39 is 28.3 Å². The first-order valence-electron chi connectivity index (χ1n) is 10.8. The SMILES string of the molecule is O=C(CN(Cc1c(F)cccc1Cl)S(=O)(=O)c1ccc(Cl)cc1)NC1CCCCCCC1. The maximum Gasteiger partial charge on any atom is 0.243 e. The number of sulfonamides is 1. The molecular weight excluding hydrogens is 474 g/mol. The molecular formula is C23H27Cl2FN2O3S. The number of halogens is 3. The van der Waals surface area contributed by atoms with Gasteiger partial charge in [0.15, 0.2) is 0 Å². The van der Waals surface area contributed by atoms with Crippen molar-refractivity contribution in [2.24, 2.45) is 0 Å². The van der Waals surface area contributed by atoms with Crippen molar-refractivity contribution in [3.63, 3.8) is 0 Å². The van der Waals surface area contributed by atoms with Gasteiger partial charge >= 0.3 is 0 Å². The van der Waals surface area contributed by atoms with Gasteiger partial charge in [-0.05, 0) is 49.2 Å². The van der Waals surface area contributed by atoms with E-state index in [1.807, 2.05) is 0 Å². The van der Waals surface area contributed by atoms with Gasteiger partial charge in [0, 0.05) is 28.2 Å². The monoisotopic (exact) mass is 500 g/mol. The first-order valence-corrected chi connectivity index (χ1v) is 12.9. The maximum absolute atomic E-state index is 14.4. The summed E-state index contributed by atoms with van der Waals surface area (Å²) in [6, 6.07) is 9.79. The van der Waals surface area contributed by atoms with Crippen LogP contribution in [0.5, 0.6) is 0 Å². The van der Waals surface area contributed by atoms with Gasteiger partial charge < -0.3 is 5.32 Å². The van der Waals surface area contributed by atoms with E-state index in [9.17, 15) is 17.6 Å². The second-order valence-electron chi connectivity index (χ2n) is 8.04. The van der Waals surface area contributed by atoms with Crippen LogP contribution in [0.25, 0.3) is 0 Å². The lowest BCUT2D eigenvalue weighted by Gasteiger charge is -2.25. The van der Waals surface area contributed by atoms with Crippen molar-refractivity contribution in [2.75, 3.05) is 6.54 Å². The summed E-state index contributed by atoms with van der Waals surface area (Å²) in [5, 5.41) is 3.45. The molecule has 0 bridgehead atoms. The van der Waals surface area contributed by atoms with E-state index >= 15 is 0 Å². The third-order valence-electron chi connectivity index (χ3n) is 5.64. The van der Waals surface area contributed by atoms with Crippen LogP contribution in [0.1, 0.15) is 50.5 Å². The van der Waals surface area contributed by atoms with Gasteiger partial charge in [-0.3, -0.25) is 4.79 Å². The van der Waals surface area contributed by atoms with Crippen LogP contribution < -0.4 is 5.32 Å². The third kappa shape index (κ3) is 6.67. The van der Waals surface area contributed by atoms with Crippen molar-refractivity contribution in [2.45, 2.75) is 62.4 Å². The standard InChI is InChI=1S/C23H27Cl2FN2O3S/c24-17-11-13-19(14-12-17)32(30,31)28(15-20-21(25)9-6-10-22(20)26)16-23(29)27-18-7-4-2-1-3-5-8-18/h6,9-14,18H,1-5,7-8,15-16H2,(H,27,29). The van der Waals surface area contributed by atoms with Crippen molar-refractivity contribution in [1.29, 1.82) is 0 Å². The van der Waals surface area contributed by atoms with E-state index in [4.69, 9.17) is 23.2 Å². The molecule has 174 valence electrons. The first kappa shape index (κ1) is 25.0. The average Bonchev–Trinajstić information content (AvgIpc) is 2.72. The molecule has 0 heterocycles. The molecule has 1 fully saturated rings. The Kier molecular flexibility index (Phi) is 8.94. The van der Waals surface area contributed by atoms with Crippen molar-refractivity contribution in [3.8, 4) is 0 Å². The lowest BCUT2D eigenvalue weighted by Crippen LogP contribution is -2.44. The molecule has 0 aromatic heterocycles. The highest BCUT2D eigenvalue weighted by atomic mass is 35.5. The number of amides is 1. The minimum absolute atomic E-state index is 0.0138. The average molecular weight is 501 g/mol. The predicted molar refractivity (Wildman–Crippen MR) is 125 cm³/mol. The van der Waals surface area contributed by atoms with E-state index in [1.165, 1.54) is 48.9 Å².